The number of halogens is 1. The number of benzene rings is 2. The van der Waals surface area contributed by atoms with Crippen LogP contribution in [0, 0.1) is 0 Å². The number of carbonyl (C=O) groups is 1. The molecule has 2 aliphatic carbocycles. The molecule has 2 aromatic carbocycles. The van der Waals surface area contributed by atoms with Gasteiger partial charge in [-0.15, -0.1) is 12.4 Å². The number of nitrogens with one attached hydrogen (secondary N) is 1. The van der Waals surface area contributed by atoms with Crippen LogP contribution in [-0.2, 0) is 19.3 Å². The highest BCUT2D eigenvalue weighted by Gasteiger charge is 2.23. The van der Waals surface area contributed by atoms with Crippen LogP contribution >= 0.6 is 12.4 Å². The minimum Gasteiger partial charge on any atom is -0.491 e. The van der Waals surface area contributed by atoms with Crippen molar-refractivity contribution in [3.05, 3.63) is 64.7 Å². The predicted octanol–water partition coefficient (Wildman–Crippen LogP) is 3.12. The second kappa shape index (κ2) is 8.87. The Morgan fingerprint density at radius 1 is 1.07 bits per heavy atom. The summed E-state index contributed by atoms with van der Waals surface area (Å²) in [5.41, 5.74) is 4.62. The van der Waals surface area contributed by atoms with Crippen molar-refractivity contribution in [2.24, 2.45) is 0 Å². The maximum absolute atomic E-state index is 11.8. The molecule has 0 bridgehead atoms. The van der Waals surface area contributed by atoms with Gasteiger partial charge in [0.15, 0.2) is 5.78 Å². The maximum Gasteiger partial charge on any atom is 0.163 e. The van der Waals surface area contributed by atoms with Crippen LogP contribution in [0.15, 0.2) is 42.5 Å². The second-order valence-corrected chi connectivity index (χ2v) is 7.29. The smallest absolute Gasteiger partial charge is 0.163 e. The van der Waals surface area contributed by atoms with Crippen LogP contribution in [0.1, 0.15) is 39.9 Å². The van der Waals surface area contributed by atoms with Gasteiger partial charge in [-0.05, 0) is 42.9 Å². The molecule has 0 aromatic heterocycles. The molecule has 2 aromatic rings. The summed E-state index contributed by atoms with van der Waals surface area (Å²) in [6, 6.07) is 14.6. The van der Waals surface area contributed by atoms with Gasteiger partial charge in [-0.3, -0.25) is 4.79 Å². The molecule has 4 rings (SSSR count). The molecule has 144 valence electrons. The Hall–Kier alpha value is -1.88. The summed E-state index contributed by atoms with van der Waals surface area (Å²) in [5.74, 6) is 0.921. The lowest BCUT2D eigenvalue weighted by atomic mass is 9.88. The van der Waals surface area contributed by atoms with E-state index in [2.05, 4.69) is 29.6 Å². The summed E-state index contributed by atoms with van der Waals surface area (Å²) in [5, 5.41) is 13.8. The number of aryl methyl sites for hydroxylation is 1. The highest BCUT2D eigenvalue weighted by atomic mass is 35.5. The van der Waals surface area contributed by atoms with Crippen molar-refractivity contribution < 1.29 is 14.6 Å². The average molecular weight is 388 g/mol. The highest BCUT2D eigenvalue weighted by Crippen LogP contribution is 2.30. The number of ether oxygens (including phenoxy) is 1. The molecule has 27 heavy (non-hydrogen) atoms. The fourth-order valence-electron chi connectivity index (χ4n) is 4.01. The fourth-order valence-corrected chi connectivity index (χ4v) is 4.01. The zero-order valence-electron chi connectivity index (χ0n) is 15.3. The molecule has 2 unspecified atom stereocenters. The number of carbonyl (C=O) groups excluding carboxylic acids is 1. The standard InChI is InChI=1S/C22H25NO3.ClH/c24-18(13-23-17-9-8-15-4-1-2-5-16(15)12-17)14-26-22-7-3-6-19-20(22)10-11-21(19)25;/h1-7,17-18,23-24H,8-14H2;1H. The van der Waals surface area contributed by atoms with Crippen LogP contribution in [-0.4, -0.2) is 36.2 Å². The molecule has 0 fully saturated rings. The minimum atomic E-state index is -0.569. The van der Waals surface area contributed by atoms with Crippen molar-refractivity contribution in [1.29, 1.82) is 0 Å². The molecule has 4 nitrogen and oxygen atoms in total. The number of fused-ring (bicyclic) bond motifs is 2. The molecule has 2 aliphatic rings. The Morgan fingerprint density at radius 3 is 2.74 bits per heavy atom. The van der Waals surface area contributed by atoms with Crippen LogP contribution in [0.4, 0.5) is 0 Å². The number of rotatable bonds is 6. The lowest BCUT2D eigenvalue weighted by Crippen LogP contribution is -2.40. The molecule has 0 heterocycles. The molecule has 0 spiro atoms. The van der Waals surface area contributed by atoms with E-state index in [1.165, 1.54) is 11.1 Å². The van der Waals surface area contributed by atoms with E-state index in [1.807, 2.05) is 18.2 Å². The van der Waals surface area contributed by atoms with Gasteiger partial charge >= 0.3 is 0 Å². The number of aliphatic hydroxyl groups is 1. The molecular weight excluding hydrogens is 362 g/mol. The minimum absolute atomic E-state index is 0. The zero-order valence-corrected chi connectivity index (χ0v) is 16.1. The summed E-state index contributed by atoms with van der Waals surface area (Å²) in [6.45, 7) is 0.752. The van der Waals surface area contributed by atoms with Crippen LogP contribution in [0.25, 0.3) is 0 Å². The number of ketones is 1. The van der Waals surface area contributed by atoms with Gasteiger partial charge < -0.3 is 15.2 Å². The second-order valence-electron chi connectivity index (χ2n) is 7.29. The molecule has 0 saturated carbocycles. The van der Waals surface area contributed by atoms with Crippen molar-refractivity contribution in [2.75, 3.05) is 13.2 Å². The maximum atomic E-state index is 11.8. The first-order chi connectivity index (χ1) is 12.7. The van der Waals surface area contributed by atoms with Gasteiger partial charge in [0.1, 0.15) is 18.5 Å². The molecule has 2 N–H and O–H groups in total. The summed E-state index contributed by atoms with van der Waals surface area (Å²) in [6.07, 6.45) is 3.92. The Morgan fingerprint density at radius 2 is 1.89 bits per heavy atom. The summed E-state index contributed by atoms with van der Waals surface area (Å²) in [7, 11) is 0. The quantitative estimate of drug-likeness (QED) is 0.799. The van der Waals surface area contributed by atoms with Crippen molar-refractivity contribution >= 4 is 18.2 Å². The van der Waals surface area contributed by atoms with E-state index in [-0.39, 0.29) is 24.8 Å². The van der Waals surface area contributed by atoms with Gasteiger partial charge in [0.25, 0.3) is 0 Å². The van der Waals surface area contributed by atoms with E-state index < -0.39 is 6.10 Å². The molecule has 0 radical (unpaired) electrons. The molecular formula is C22H26ClNO3. The largest absolute Gasteiger partial charge is 0.491 e. The van der Waals surface area contributed by atoms with E-state index in [9.17, 15) is 9.90 Å². The van der Waals surface area contributed by atoms with Crippen molar-refractivity contribution in [2.45, 2.75) is 44.2 Å². The van der Waals surface area contributed by atoms with E-state index in [1.54, 1.807) is 0 Å². The van der Waals surface area contributed by atoms with E-state index >= 15 is 0 Å². The molecule has 0 amide bonds. The third-order valence-electron chi connectivity index (χ3n) is 5.46. The monoisotopic (exact) mass is 387 g/mol. The topological polar surface area (TPSA) is 58.6 Å². The van der Waals surface area contributed by atoms with Crippen LogP contribution < -0.4 is 10.1 Å². The molecule has 0 saturated heterocycles. The Labute approximate surface area is 166 Å². The molecule has 2 atom stereocenters. The SMILES string of the molecule is Cl.O=C1CCc2c(OCC(O)CNC3CCc4ccccc4C3)cccc21. The predicted molar refractivity (Wildman–Crippen MR) is 108 cm³/mol. The number of hydrogen-bond acceptors (Lipinski definition) is 4. The Balaban J connectivity index is 0.00000210. The van der Waals surface area contributed by atoms with Gasteiger partial charge in [-0.25, -0.2) is 0 Å². The van der Waals surface area contributed by atoms with E-state index in [4.69, 9.17) is 4.74 Å². The van der Waals surface area contributed by atoms with Crippen LogP contribution in [0.5, 0.6) is 5.75 Å². The van der Waals surface area contributed by atoms with Gasteiger partial charge in [-0.2, -0.15) is 0 Å². The fraction of sp³-hybridized carbons (Fsp3) is 0.409. The zero-order chi connectivity index (χ0) is 17.9. The number of aliphatic hydroxyl groups excluding tert-OH is 1. The van der Waals surface area contributed by atoms with Crippen molar-refractivity contribution in [3.63, 3.8) is 0 Å². The highest BCUT2D eigenvalue weighted by molar-refractivity contribution is 6.01. The van der Waals surface area contributed by atoms with Gasteiger partial charge in [0.05, 0.1) is 0 Å². The van der Waals surface area contributed by atoms with Crippen LogP contribution in [0.2, 0.25) is 0 Å². The number of hydrogen-bond donors (Lipinski definition) is 2. The molecule has 0 aliphatic heterocycles. The lowest BCUT2D eigenvalue weighted by molar-refractivity contribution is 0.0994. The lowest BCUT2D eigenvalue weighted by Gasteiger charge is -2.26. The number of Topliss-reactive ketones (excluding diaryl/α,β-unsaturated/α-hetero) is 1. The summed E-state index contributed by atoms with van der Waals surface area (Å²) >= 11 is 0. The first-order valence-electron chi connectivity index (χ1n) is 9.47. The van der Waals surface area contributed by atoms with Crippen LogP contribution in [0.3, 0.4) is 0 Å². The van der Waals surface area contributed by atoms with Crippen molar-refractivity contribution in [3.8, 4) is 5.75 Å². The van der Waals surface area contributed by atoms with Gasteiger partial charge in [-0.1, -0.05) is 36.4 Å². The molecule has 5 heteroatoms. The first kappa shape index (κ1) is 19.9. The Kier molecular flexibility index (Phi) is 6.53. The summed E-state index contributed by atoms with van der Waals surface area (Å²) < 4.78 is 5.81. The van der Waals surface area contributed by atoms with Crippen molar-refractivity contribution in [1.82, 2.24) is 5.32 Å². The van der Waals surface area contributed by atoms with Gasteiger partial charge in [0, 0.05) is 30.1 Å². The Bertz CT molecular complexity index is 808. The third-order valence-corrected chi connectivity index (χ3v) is 5.46. The average Bonchev–Trinajstić information content (AvgIpc) is 3.06. The van der Waals surface area contributed by atoms with E-state index in [0.29, 0.717) is 19.0 Å². The third kappa shape index (κ3) is 4.52. The first-order valence-corrected chi connectivity index (χ1v) is 9.47. The normalized spacial score (nSPS) is 19.0. The summed E-state index contributed by atoms with van der Waals surface area (Å²) in [4.78, 5) is 11.8. The van der Waals surface area contributed by atoms with E-state index in [0.717, 1.165) is 42.6 Å². The van der Waals surface area contributed by atoms with Gasteiger partial charge in [0.2, 0.25) is 0 Å².